The van der Waals surface area contributed by atoms with Crippen LogP contribution in [0.25, 0.3) is 0 Å². The summed E-state index contributed by atoms with van der Waals surface area (Å²) in [6.07, 6.45) is 4.09. The summed E-state index contributed by atoms with van der Waals surface area (Å²) in [6, 6.07) is 0.687. The molecule has 1 aliphatic carbocycles. The summed E-state index contributed by atoms with van der Waals surface area (Å²) in [5, 5.41) is 3.87. The van der Waals surface area contributed by atoms with Crippen LogP contribution >= 0.6 is 0 Å². The molecule has 1 N–H and O–H groups in total. The van der Waals surface area contributed by atoms with E-state index in [1.54, 1.807) is 0 Å². The van der Waals surface area contributed by atoms with E-state index in [2.05, 4.69) is 51.8 Å². The highest BCUT2D eigenvalue weighted by Gasteiger charge is 2.48. The highest BCUT2D eigenvalue weighted by Crippen LogP contribution is 2.43. The normalized spacial score (nSPS) is 35.2. The van der Waals surface area contributed by atoms with Crippen molar-refractivity contribution >= 4 is 0 Å². The molecule has 2 unspecified atom stereocenters. The fourth-order valence-electron chi connectivity index (χ4n) is 3.43. The van der Waals surface area contributed by atoms with E-state index in [4.69, 9.17) is 0 Å². The van der Waals surface area contributed by atoms with E-state index in [1.165, 1.54) is 25.8 Å². The predicted molar refractivity (Wildman–Crippen MR) is 78.8 cm³/mol. The summed E-state index contributed by atoms with van der Waals surface area (Å²) < 4.78 is 0. The predicted octanol–water partition coefficient (Wildman–Crippen LogP) is 3.27. The summed E-state index contributed by atoms with van der Waals surface area (Å²) in [5.41, 5.74) is 0.686. The summed E-state index contributed by atoms with van der Waals surface area (Å²) >= 11 is 0. The lowest BCUT2D eigenvalue weighted by Gasteiger charge is -2.54. The van der Waals surface area contributed by atoms with Crippen molar-refractivity contribution in [3.63, 3.8) is 0 Å². The Morgan fingerprint density at radius 1 is 1.33 bits per heavy atom. The van der Waals surface area contributed by atoms with E-state index >= 15 is 0 Å². The van der Waals surface area contributed by atoms with Crippen molar-refractivity contribution in [2.45, 2.75) is 77.9 Å². The molecule has 0 aromatic rings. The van der Waals surface area contributed by atoms with Gasteiger partial charge in [-0.3, -0.25) is 4.90 Å². The van der Waals surface area contributed by atoms with Gasteiger partial charge in [0.1, 0.15) is 0 Å². The van der Waals surface area contributed by atoms with E-state index in [1.807, 2.05) is 0 Å². The molecule has 2 heteroatoms. The third kappa shape index (κ3) is 2.60. The molecule has 0 aromatic heterocycles. The van der Waals surface area contributed by atoms with Gasteiger partial charge >= 0.3 is 0 Å². The second-order valence-corrected chi connectivity index (χ2v) is 7.68. The molecule has 0 amide bonds. The Balaban J connectivity index is 2.18. The van der Waals surface area contributed by atoms with Crippen molar-refractivity contribution < 1.29 is 0 Å². The van der Waals surface area contributed by atoms with Gasteiger partial charge in [0.2, 0.25) is 0 Å². The number of hydrogen-bond acceptors (Lipinski definition) is 2. The second-order valence-electron chi connectivity index (χ2n) is 7.68. The van der Waals surface area contributed by atoms with Crippen LogP contribution in [0, 0.1) is 11.8 Å². The zero-order valence-corrected chi connectivity index (χ0v) is 13.2. The quantitative estimate of drug-likeness (QED) is 0.826. The van der Waals surface area contributed by atoms with E-state index in [9.17, 15) is 0 Å². The number of rotatable bonds is 4. The molecule has 1 saturated heterocycles. The molecule has 0 bridgehead atoms. The van der Waals surface area contributed by atoms with Crippen LogP contribution in [-0.4, -0.2) is 35.1 Å². The van der Waals surface area contributed by atoms with E-state index < -0.39 is 0 Å². The minimum Gasteiger partial charge on any atom is -0.308 e. The maximum atomic E-state index is 3.87. The van der Waals surface area contributed by atoms with Gasteiger partial charge in [-0.25, -0.2) is 0 Å². The van der Waals surface area contributed by atoms with Gasteiger partial charge < -0.3 is 5.32 Å². The first-order valence-electron chi connectivity index (χ1n) is 7.82. The van der Waals surface area contributed by atoms with Crippen LogP contribution in [0.1, 0.15) is 60.8 Å². The minimum atomic E-state index is 0.327. The van der Waals surface area contributed by atoms with Gasteiger partial charge in [0.15, 0.2) is 0 Å². The van der Waals surface area contributed by atoms with Gasteiger partial charge in [-0.2, -0.15) is 0 Å². The summed E-state index contributed by atoms with van der Waals surface area (Å²) in [5.74, 6) is 1.65. The van der Waals surface area contributed by atoms with Gasteiger partial charge in [-0.05, 0) is 51.9 Å². The van der Waals surface area contributed by atoms with Crippen LogP contribution in [0.5, 0.6) is 0 Å². The molecule has 0 spiro atoms. The molecule has 2 aliphatic rings. The molecule has 0 aromatic carbocycles. The Hall–Kier alpha value is -0.0800. The smallest absolute Gasteiger partial charge is 0.0309 e. The van der Waals surface area contributed by atoms with Gasteiger partial charge in [0.25, 0.3) is 0 Å². The fraction of sp³-hybridized carbons (Fsp3) is 1.00. The number of nitrogens with one attached hydrogen (secondary N) is 1. The highest BCUT2D eigenvalue weighted by atomic mass is 15.3. The summed E-state index contributed by atoms with van der Waals surface area (Å²) in [6.45, 7) is 16.7. The molecule has 2 fully saturated rings. The van der Waals surface area contributed by atoms with Gasteiger partial charge in [0.05, 0.1) is 0 Å². The van der Waals surface area contributed by atoms with Gasteiger partial charge in [-0.1, -0.05) is 20.8 Å². The molecular formula is C16H32N2. The largest absolute Gasteiger partial charge is 0.308 e. The molecule has 1 aliphatic heterocycles. The van der Waals surface area contributed by atoms with Crippen LogP contribution in [0.4, 0.5) is 0 Å². The second kappa shape index (κ2) is 4.79. The first kappa shape index (κ1) is 14.3. The van der Waals surface area contributed by atoms with Crippen LogP contribution in [0.3, 0.4) is 0 Å². The van der Waals surface area contributed by atoms with Crippen LogP contribution in [0.15, 0.2) is 0 Å². The maximum absolute atomic E-state index is 3.87. The molecule has 2 rings (SSSR count). The molecule has 1 saturated carbocycles. The Bertz CT molecular complexity index is 293. The Morgan fingerprint density at radius 3 is 2.39 bits per heavy atom. The standard InChI is InChI=1S/C16H32N2/c1-7-15(4,5)18-11-16(6,13-8-9-13)17-10-14(18)12(2)3/h12-14,17H,7-11H2,1-6H3. The number of nitrogens with zero attached hydrogens (tertiary/aromatic N) is 1. The third-order valence-electron chi connectivity index (χ3n) is 5.50. The van der Waals surface area contributed by atoms with Crippen molar-refractivity contribution in [2.24, 2.45) is 11.8 Å². The van der Waals surface area contributed by atoms with Crippen LogP contribution in [0.2, 0.25) is 0 Å². The van der Waals surface area contributed by atoms with Crippen molar-refractivity contribution in [1.82, 2.24) is 10.2 Å². The monoisotopic (exact) mass is 252 g/mol. The average Bonchev–Trinajstić information content (AvgIpc) is 3.12. The Kier molecular flexibility index (Phi) is 3.81. The van der Waals surface area contributed by atoms with Crippen LogP contribution in [-0.2, 0) is 0 Å². The first-order valence-corrected chi connectivity index (χ1v) is 7.82. The molecule has 2 nitrogen and oxygen atoms in total. The first-order chi connectivity index (χ1) is 8.30. The van der Waals surface area contributed by atoms with Gasteiger partial charge in [-0.15, -0.1) is 0 Å². The summed E-state index contributed by atoms with van der Waals surface area (Å²) in [7, 11) is 0. The highest BCUT2D eigenvalue weighted by molar-refractivity contribution is 5.06. The minimum absolute atomic E-state index is 0.327. The molecule has 2 atom stereocenters. The zero-order valence-electron chi connectivity index (χ0n) is 13.2. The maximum Gasteiger partial charge on any atom is 0.0309 e. The SMILES string of the molecule is CCC(C)(C)N1CC(C)(C2CC2)NCC1C(C)C. The lowest BCUT2D eigenvalue weighted by Crippen LogP contribution is -2.69. The Morgan fingerprint density at radius 2 is 1.94 bits per heavy atom. The average molecular weight is 252 g/mol. The summed E-state index contributed by atoms with van der Waals surface area (Å²) in [4.78, 5) is 2.80. The van der Waals surface area contributed by atoms with E-state index in [-0.39, 0.29) is 0 Å². The molecular weight excluding hydrogens is 220 g/mol. The van der Waals surface area contributed by atoms with Crippen molar-refractivity contribution in [2.75, 3.05) is 13.1 Å². The topological polar surface area (TPSA) is 15.3 Å². The third-order valence-corrected chi connectivity index (χ3v) is 5.50. The molecule has 1 heterocycles. The van der Waals surface area contributed by atoms with Crippen molar-refractivity contribution in [1.29, 1.82) is 0 Å². The fourth-order valence-corrected chi connectivity index (χ4v) is 3.43. The lowest BCUT2D eigenvalue weighted by atomic mass is 9.83. The number of piperazine rings is 1. The Labute approximate surface area is 114 Å². The van der Waals surface area contributed by atoms with Gasteiger partial charge in [0, 0.05) is 30.2 Å². The molecule has 0 radical (unpaired) electrons. The van der Waals surface area contributed by atoms with E-state index in [0.717, 1.165) is 18.4 Å². The number of hydrogen-bond donors (Lipinski definition) is 1. The zero-order chi connectivity index (χ0) is 13.6. The molecule has 18 heavy (non-hydrogen) atoms. The molecule has 106 valence electrons. The van der Waals surface area contributed by atoms with Crippen molar-refractivity contribution in [3.05, 3.63) is 0 Å². The van der Waals surface area contributed by atoms with E-state index in [0.29, 0.717) is 17.1 Å². The van der Waals surface area contributed by atoms with Crippen molar-refractivity contribution in [3.8, 4) is 0 Å². The lowest BCUT2D eigenvalue weighted by molar-refractivity contribution is -0.0210. The van der Waals surface area contributed by atoms with Crippen LogP contribution < -0.4 is 5.32 Å².